The molecule has 0 aromatic rings. The number of hydrogen-bond acceptors (Lipinski definition) is 3. The minimum Gasteiger partial charge on any atom is -0.385 e. The van der Waals surface area contributed by atoms with Crippen LogP contribution in [0.3, 0.4) is 0 Å². The van der Waals surface area contributed by atoms with Crippen molar-refractivity contribution in [1.82, 2.24) is 5.32 Å². The fourth-order valence-electron chi connectivity index (χ4n) is 1.78. The van der Waals surface area contributed by atoms with E-state index in [-0.39, 0.29) is 18.2 Å². The van der Waals surface area contributed by atoms with E-state index in [9.17, 15) is 9.59 Å². The largest absolute Gasteiger partial charge is 0.385 e. The van der Waals surface area contributed by atoms with Crippen molar-refractivity contribution in [3.05, 3.63) is 0 Å². The standard InChI is InChI=1S/C10H17NO3/c1-10(4-3-5-14-2)6-8(12)7-11-9(10)13/h3-7H2,1-2H3,(H,11,13). The van der Waals surface area contributed by atoms with Crippen LogP contribution in [-0.4, -0.2) is 32.0 Å². The number of carbonyl (C=O) groups excluding carboxylic acids is 2. The molecular weight excluding hydrogens is 182 g/mol. The van der Waals surface area contributed by atoms with Crippen LogP contribution < -0.4 is 5.32 Å². The van der Waals surface area contributed by atoms with Crippen molar-refractivity contribution in [2.24, 2.45) is 5.41 Å². The number of methoxy groups -OCH3 is 1. The van der Waals surface area contributed by atoms with Gasteiger partial charge in [0.2, 0.25) is 5.91 Å². The van der Waals surface area contributed by atoms with Crippen LogP contribution >= 0.6 is 0 Å². The minimum absolute atomic E-state index is 0.00629. The number of nitrogens with one attached hydrogen (secondary N) is 1. The Bertz CT molecular complexity index is 240. The van der Waals surface area contributed by atoms with Crippen molar-refractivity contribution in [1.29, 1.82) is 0 Å². The number of hydrogen-bond donors (Lipinski definition) is 1. The molecule has 0 radical (unpaired) electrons. The smallest absolute Gasteiger partial charge is 0.226 e. The molecule has 4 nitrogen and oxygen atoms in total. The van der Waals surface area contributed by atoms with E-state index in [2.05, 4.69) is 5.32 Å². The van der Waals surface area contributed by atoms with Crippen LogP contribution in [0.15, 0.2) is 0 Å². The number of ether oxygens (including phenoxy) is 1. The number of rotatable bonds is 4. The molecule has 1 atom stereocenters. The molecule has 1 aliphatic heterocycles. The number of Topliss-reactive ketones (excluding diaryl/α,β-unsaturated/α-hetero) is 1. The molecule has 0 spiro atoms. The van der Waals surface area contributed by atoms with E-state index >= 15 is 0 Å². The highest BCUT2D eigenvalue weighted by molar-refractivity contribution is 5.96. The van der Waals surface area contributed by atoms with E-state index in [1.807, 2.05) is 6.92 Å². The SMILES string of the molecule is COCCCC1(C)CC(=O)CNC1=O. The minimum atomic E-state index is -0.520. The fourth-order valence-corrected chi connectivity index (χ4v) is 1.78. The summed E-state index contributed by atoms with van der Waals surface area (Å²) in [4.78, 5) is 22.8. The van der Waals surface area contributed by atoms with Crippen molar-refractivity contribution in [3.63, 3.8) is 0 Å². The maximum Gasteiger partial charge on any atom is 0.226 e. The number of carbonyl (C=O) groups is 2. The molecule has 1 saturated heterocycles. The highest BCUT2D eigenvalue weighted by atomic mass is 16.5. The van der Waals surface area contributed by atoms with Crippen molar-refractivity contribution in [2.45, 2.75) is 26.2 Å². The van der Waals surface area contributed by atoms with Gasteiger partial charge in [-0.05, 0) is 12.8 Å². The van der Waals surface area contributed by atoms with E-state index in [0.29, 0.717) is 19.4 Å². The van der Waals surface area contributed by atoms with Gasteiger partial charge in [-0.2, -0.15) is 0 Å². The third kappa shape index (κ3) is 2.54. The predicted molar refractivity (Wildman–Crippen MR) is 51.9 cm³/mol. The summed E-state index contributed by atoms with van der Waals surface area (Å²) < 4.78 is 4.92. The molecule has 0 aromatic carbocycles. The van der Waals surface area contributed by atoms with Crippen LogP contribution in [0.25, 0.3) is 0 Å². The van der Waals surface area contributed by atoms with Crippen molar-refractivity contribution < 1.29 is 14.3 Å². The van der Waals surface area contributed by atoms with Crippen LogP contribution in [-0.2, 0) is 14.3 Å². The first-order chi connectivity index (χ1) is 6.58. The number of piperidine rings is 1. The van der Waals surface area contributed by atoms with Gasteiger partial charge in [-0.3, -0.25) is 9.59 Å². The number of amides is 1. The Morgan fingerprint density at radius 1 is 1.50 bits per heavy atom. The van der Waals surface area contributed by atoms with Gasteiger partial charge in [-0.15, -0.1) is 0 Å². The molecule has 0 saturated carbocycles. The van der Waals surface area contributed by atoms with Crippen molar-refractivity contribution in [3.8, 4) is 0 Å². The lowest BCUT2D eigenvalue weighted by Gasteiger charge is -2.31. The quantitative estimate of drug-likeness (QED) is 0.671. The van der Waals surface area contributed by atoms with Gasteiger partial charge in [0.1, 0.15) is 0 Å². The summed E-state index contributed by atoms with van der Waals surface area (Å²) in [6.07, 6.45) is 1.88. The van der Waals surface area contributed by atoms with Crippen LogP contribution in [0.1, 0.15) is 26.2 Å². The average molecular weight is 199 g/mol. The topological polar surface area (TPSA) is 55.4 Å². The summed E-state index contributed by atoms with van der Waals surface area (Å²) in [5, 5.41) is 2.62. The maximum absolute atomic E-state index is 11.6. The zero-order valence-corrected chi connectivity index (χ0v) is 8.76. The summed E-state index contributed by atoms with van der Waals surface area (Å²) in [7, 11) is 1.63. The van der Waals surface area contributed by atoms with Gasteiger partial charge < -0.3 is 10.1 Å². The summed E-state index contributed by atoms with van der Waals surface area (Å²) in [6, 6.07) is 0. The Hall–Kier alpha value is -0.900. The molecule has 1 N–H and O–H groups in total. The summed E-state index contributed by atoms with van der Waals surface area (Å²) in [5.74, 6) is 0.109. The second-order valence-corrected chi connectivity index (χ2v) is 4.06. The molecule has 1 amide bonds. The van der Waals surface area contributed by atoms with E-state index < -0.39 is 5.41 Å². The van der Waals surface area contributed by atoms with Crippen molar-refractivity contribution in [2.75, 3.05) is 20.3 Å². The Labute approximate surface area is 84.0 Å². The highest BCUT2D eigenvalue weighted by Gasteiger charge is 2.38. The molecular formula is C10H17NO3. The third-order valence-corrected chi connectivity index (χ3v) is 2.66. The molecule has 4 heteroatoms. The molecule has 1 aliphatic rings. The predicted octanol–water partition coefficient (Wildman–Crippen LogP) is 0.508. The summed E-state index contributed by atoms with van der Waals surface area (Å²) in [6.45, 7) is 2.67. The monoisotopic (exact) mass is 199 g/mol. The second-order valence-electron chi connectivity index (χ2n) is 4.06. The Balaban J connectivity index is 2.51. The van der Waals surface area contributed by atoms with Crippen molar-refractivity contribution >= 4 is 11.7 Å². The molecule has 80 valence electrons. The second kappa shape index (κ2) is 4.55. The van der Waals surface area contributed by atoms with Gasteiger partial charge in [0, 0.05) is 20.1 Å². The van der Waals surface area contributed by atoms with E-state index in [4.69, 9.17) is 4.74 Å². The maximum atomic E-state index is 11.6. The zero-order valence-electron chi connectivity index (χ0n) is 8.76. The summed E-state index contributed by atoms with van der Waals surface area (Å²) >= 11 is 0. The first kappa shape index (κ1) is 11.2. The molecule has 0 aromatic heterocycles. The molecule has 0 aliphatic carbocycles. The molecule has 1 fully saturated rings. The lowest BCUT2D eigenvalue weighted by Crippen LogP contribution is -2.48. The normalized spacial score (nSPS) is 27.6. The number of ketones is 1. The van der Waals surface area contributed by atoms with Crippen LogP contribution in [0.2, 0.25) is 0 Å². The average Bonchev–Trinajstić information content (AvgIpc) is 2.13. The summed E-state index contributed by atoms with van der Waals surface area (Å²) in [5.41, 5.74) is -0.520. The first-order valence-corrected chi connectivity index (χ1v) is 4.87. The first-order valence-electron chi connectivity index (χ1n) is 4.87. The molecule has 14 heavy (non-hydrogen) atoms. The van der Waals surface area contributed by atoms with E-state index in [1.165, 1.54) is 0 Å². The third-order valence-electron chi connectivity index (χ3n) is 2.66. The Morgan fingerprint density at radius 2 is 2.21 bits per heavy atom. The fraction of sp³-hybridized carbons (Fsp3) is 0.800. The Morgan fingerprint density at radius 3 is 2.86 bits per heavy atom. The van der Waals surface area contributed by atoms with Crippen LogP contribution in [0, 0.1) is 5.41 Å². The van der Waals surface area contributed by atoms with Gasteiger partial charge >= 0.3 is 0 Å². The van der Waals surface area contributed by atoms with Crippen LogP contribution in [0.4, 0.5) is 0 Å². The van der Waals surface area contributed by atoms with Gasteiger partial charge in [-0.1, -0.05) is 6.92 Å². The van der Waals surface area contributed by atoms with E-state index in [0.717, 1.165) is 6.42 Å². The lowest BCUT2D eigenvalue weighted by atomic mass is 9.77. The molecule has 1 rings (SSSR count). The van der Waals surface area contributed by atoms with Gasteiger partial charge in [0.05, 0.1) is 12.0 Å². The van der Waals surface area contributed by atoms with E-state index in [1.54, 1.807) is 7.11 Å². The molecule has 0 bridgehead atoms. The van der Waals surface area contributed by atoms with Gasteiger partial charge in [-0.25, -0.2) is 0 Å². The Kier molecular flexibility index (Phi) is 3.63. The molecule has 1 heterocycles. The van der Waals surface area contributed by atoms with Gasteiger partial charge in [0.25, 0.3) is 0 Å². The van der Waals surface area contributed by atoms with Crippen LogP contribution in [0.5, 0.6) is 0 Å². The zero-order chi connectivity index (χ0) is 10.6. The lowest BCUT2D eigenvalue weighted by molar-refractivity contribution is -0.140. The van der Waals surface area contributed by atoms with Gasteiger partial charge in [0.15, 0.2) is 5.78 Å². The molecule has 1 unspecified atom stereocenters. The highest BCUT2D eigenvalue weighted by Crippen LogP contribution is 2.30.